The number of allylic oxidation sites excluding steroid dienone is 1. The number of ether oxygens (including phenoxy) is 2. The van der Waals surface area contributed by atoms with Crippen LogP contribution in [0.5, 0.6) is 11.5 Å². The van der Waals surface area contributed by atoms with Crippen molar-refractivity contribution in [2.45, 2.75) is 5.16 Å². The summed E-state index contributed by atoms with van der Waals surface area (Å²) in [4.78, 5) is 12.4. The van der Waals surface area contributed by atoms with Crippen LogP contribution in [0, 0.1) is 0 Å². The normalized spacial score (nSPS) is 11.5. The Hall–Kier alpha value is -4.08. The first-order valence-electron chi connectivity index (χ1n) is 11.2. The molecule has 0 bridgehead atoms. The second-order valence-electron chi connectivity index (χ2n) is 7.57. The number of hydrogen-bond acceptors (Lipinski definition) is 7. The molecule has 1 aromatic heterocycles. The molecule has 0 aliphatic carbocycles. The third kappa shape index (κ3) is 6.78. The van der Waals surface area contributed by atoms with E-state index in [1.54, 1.807) is 20.3 Å². The van der Waals surface area contributed by atoms with Crippen LogP contribution in [0.2, 0.25) is 0 Å². The lowest BCUT2D eigenvalue weighted by atomic mass is 10.2. The van der Waals surface area contributed by atoms with Crippen molar-refractivity contribution in [2.24, 2.45) is 5.10 Å². The molecular formula is C27H24ClN5O3S. The van der Waals surface area contributed by atoms with Gasteiger partial charge in [-0.05, 0) is 42.0 Å². The summed E-state index contributed by atoms with van der Waals surface area (Å²) in [5.41, 5.74) is 5.07. The number of amides is 1. The molecule has 0 unspecified atom stereocenters. The van der Waals surface area contributed by atoms with Gasteiger partial charge in [-0.2, -0.15) is 5.10 Å². The van der Waals surface area contributed by atoms with Crippen LogP contribution in [0.15, 0.2) is 94.2 Å². The first-order valence-corrected chi connectivity index (χ1v) is 12.6. The van der Waals surface area contributed by atoms with E-state index in [2.05, 4.69) is 20.7 Å². The van der Waals surface area contributed by atoms with Crippen molar-refractivity contribution < 1.29 is 14.3 Å². The fourth-order valence-electron chi connectivity index (χ4n) is 3.41. The number of methoxy groups -OCH3 is 2. The van der Waals surface area contributed by atoms with E-state index in [9.17, 15) is 4.79 Å². The molecule has 37 heavy (non-hydrogen) atoms. The quantitative estimate of drug-likeness (QED) is 0.166. The molecule has 188 valence electrons. The van der Waals surface area contributed by atoms with Gasteiger partial charge in [0.05, 0.1) is 31.2 Å². The maximum Gasteiger partial charge on any atom is 0.250 e. The fourth-order valence-corrected chi connectivity index (χ4v) is 4.33. The number of thioether (sulfide) groups is 1. The molecule has 0 aliphatic rings. The minimum Gasteiger partial charge on any atom is -0.493 e. The topological polar surface area (TPSA) is 90.6 Å². The van der Waals surface area contributed by atoms with Crippen LogP contribution in [0.4, 0.5) is 0 Å². The van der Waals surface area contributed by atoms with E-state index < -0.39 is 0 Å². The Kier molecular flexibility index (Phi) is 8.96. The van der Waals surface area contributed by atoms with Gasteiger partial charge in [-0.3, -0.25) is 9.36 Å². The van der Waals surface area contributed by atoms with Crippen LogP contribution in [-0.4, -0.2) is 46.9 Å². The van der Waals surface area contributed by atoms with Crippen LogP contribution >= 0.6 is 23.4 Å². The Morgan fingerprint density at radius 2 is 1.70 bits per heavy atom. The average molecular weight is 534 g/mol. The molecule has 0 atom stereocenters. The second kappa shape index (κ2) is 12.8. The predicted molar refractivity (Wildman–Crippen MR) is 148 cm³/mol. The summed E-state index contributed by atoms with van der Waals surface area (Å²) in [7, 11) is 3.16. The van der Waals surface area contributed by atoms with Gasteiger partial charge in [0.15, 0.2) is 22.5 Å². The van der Waals surface area contributed by atoms with Gasteiger partial charge in [0.1, 0.15) is 0 Å². The molecule has 0 fully saturated rings. The third-order valence-electron chi connectivity index (χ3n) is 5.10. The van der Waals surface area contributed by atoms with Crippen LogP contribution < -0.4 is 14.9 Å². The van der Waals surface area contributed by atoms with Gasteiger partial charge >= 0.3 is 0 Å². The van der Waals surface area contributed by atoms with Crippen LogP contribution in [-0.2, 0) is 4.79 Å². The number of nitrogens with one attached hydrogen (secondary N) is 1. The Balaban J connectivity index is 1.50. The van der Waals surface area contributed by atoms with Crippen LogP contribution in [0.25, 0.3) is 23.2 Å². The molecule has 1 heterocycles. The van der Waals surface area contributed by atoms with Gasteiger partial charge < -0.3 is 9.47 Å². The highest BCUT2D eigenvalue weighted by Gasteiger charge is 2.18. The van der Waals surface area contributed by atoms with Crippen molar-refractivity contribution >= 4 is 41.6 Å². The van der Waals surface area contributed by atoms with E-state index in [4.69, 9.17) is 21.1 Å². The van der Waals surface area contributed by atoms with Crippen molar-refractivity contribution in [1.82, 2.24) is 20.2 Å². The number of hydrogen-bond donors (Lipinski definition) is 1. The Morgan fingerprint density at radius 1 is 1.00 bits per heavy atom. The van der Waals surface area contributed by atoms with Gasteiger partial charge in [-0.15, -0.1) is 10.2 Å². The van der Waals surface area contributed by atoms with Crippen molar-refractivity contribution in [3.05, 3.63) is 89.5 Å². The van der Waals surface area contributed by atoms with Crippen molar-refractivity contribution in [2.75, 3.05) is 20.0 Å². The number of rotatable bonds is 10. The highest BCUT2D eigenvalue weighted by atomic mass is 35.5. The summed E-state index contributed by atoms with van der Waals surface area (Å²) < 4.78 is 12.7. The smallest absolute Gasteiger partial charge is 0.250 e. The summed E-state index contributed by atoms with van der Waals surface area (Å²) in [6, 6.07) is 24.8. The zero-order chi connectivity index (χ0) is 26.0. The molecule has 0 aliphatic heterocycles. The number of para-hydroxylation sites is 1. The molecule has 4 aromatic rings. The van der Waals surface area contributed by atoms with Crippen LogP contribution in [0.3, 0.4) is 0 Å². The minimum absolute atomic E-state index is 0.0776. The molecule has 0 radical (unpaired) electrons. The van der Waals surface area contributed by atoms with Crippen molar-refractivity contribution in [3.8, 4) is 28.6 Å². The molecule has 1 N–H and O–H groups in total. The molecule has 10 heteroatoms. The number of aromatic nitrogens is 3. The van der Waals surface area contributed by atoms with E-state index in [0.29, 0.717) is 27.5 Å². The van der Waals surface area contributed by atoms with E-state index in [-0.39, 0.29) is 11.7 Å². The number of carbonyl (C=O) groups excluding carboxylic acids is 1. The molecule has 0 saturated carbocycles. The number of halogens is 1. The molecule has 4 rings (SSSR count). The van der Waals surface area contributed by atoms with E-state index in [0.717, 1.165) is 16.8 Å². The molecule has 3 aromatic carbocycles. The zero-order valence-electron chi connectivity index (χ0n) is 20.2. The van der Waals surface area contributed by atoms with Crippen LogP contribution in [0.1, 0.15) is 5.56 Å². The summed E-state index contributed by atoms with van der Waals surface area (Å²) >= 11 is 7.42. The van der Waals surface area contributed by atoms with E-state index >= 15 is 0 Å². The SMILES string of the molecule is COc1ccc(-c2nnc(SCC(=O)N/N=C\C(Cl)=C\c3ccccc3)n2-c2ccccc2)cc1OC. The first kappa shape index (κ1) is 26.0. The number of hydrazone groups is 1. The molecule has 0 spiro atoms. The predicted octanol–water partition coefficient (Wildman–Crippen LogP) is 5.43. The van der Waals surface area contributed by atoms with E-state index in [1.807, 2.05) is 83.4 Å². The first-order chi connectivity index (χ1) is 18.1. The molecule has 0 saturated heterocycles. The van der Waals surface area contributed by atoms with Gasteiger partial charge in [0.25, 0.3) is 5.91 Å². The highest BCUT2D eigenvalue weighted by molar-refractivity contribution is 7.99. The largest absolute Gasteiger partial charge is 0.493 e. The monoisotopic (exact) mass is 533 g/mol. The van der Waals surface area contributed by atoms with Crippen molar-refractivity contribution in [3.63, 3.8) is 0 Å². The molecule has 1 amide bonds. The minimum atomic E-state index is -0.305. The number of carbonyl (C=O) groups is 1. The highest BCUT2D eigenvalue weighted by Crippen LogP contribution is 2.34. The number of benzene rings is 3. The van der Waals surface area contributed by atoms with Gasteiger partial charge in [-0.1, -0.05) is 71.9 Å². The number of nitrogens with zero attached hydrogens (tertiary/aromatic N) is 4. The summed E-state index contributed by atoms with van der Waals surface area (Å²) in [5.74, 6) is 1.57. The Morgan fingerprint density at radius 3 is 2.41 bits per heavy atom. The zero-order valence-corrected chi connectivity index (χ0v) is 21.7. The maximum absolute atomic E-state index is 12.4. The van der Waals surface area contributed by atoms with E-state index in [1.165, 1.54) is 18.0 Å². The standard InChI is InChI=1S/C27H24ClN5O3S/c1-35-23-14-13-20(16-24(23)36-2)26-31-32-27(33(26)22-11-7-4-8-12-22)37-18-25(34)30-29-17-21(28)15-19-9-5-3-6-10-19/h3-17H,18H2,1-2H3,(H,30,34)/b21-15-,29-17-. The second-order valence-corrected chi connectivity index (χ2v) is 8.95. The lowest BCUT2D eigenvalue weighted by Gasteiger charge is -2.12. The fraction of sp³-hybridized carbons (Fsp3) is 0.111. The Labute approximate surface area is 224 Å². The lowest BCUT2D eigenvalue weighted by molar-refractivity contribution is -0.118. The van der Waals surface area contributed by atoms with Gasteiger partial charge in [-0.25, -0.2) is 5.43 Å². The molecule has 8 nitrogen and oxygen atoms in total. The van der Waals surface area contributed by atoms with Gasteiger partial charge in [0.2, 0.25) is 0 Å². The Bertz CT molecular complexity index is 1410. The summed E-state index contributed by atoms with van der Waals surface area (Å²) in [6.45, 7) is 0. The van der Waals surface area contributed by atoms with Gasteiger partial charge in [0, 0.05) is 11.3 Å². The molecular weight excluding hydrogens is 510 g/mol. The average Bonchev–Trinajstić information content (AvgIpc) is 3.36. The summed E-state index contributed by atoms with van der Waals surface area (Å²) in [6.07, 6.45) is 3.14. The lowest BCUT2D eigenvalue weighted by Crippen LogP contribution is -2.19. The van der Waals surface area contributed by atoms with Crippen molar-refractivity contribution in [1.29, 1.82) is 0 Å². The summed E-state index contributed by atoms with van der Waals surface area (Å²) in [5, 5.41) is 13.6. The maximum atomic E-state index is 12.4. The third-order valence-corrected chi connectivity index (χ3v) is 6.24.